The van der Waals surface area contributed by atoms with E-state index in [0.717, 1.165) is 130 Å². The lowest BCUT2D eigenvalue weighted by Gasteiger charge is -2.15. The summed E-state index contributed by atoms with van der Waals surface area (Å²) in [4.78, 5) is 97.4. The number of pyridine rings is 5. The van der Waals surface area contributed by atoms with Crippen molar-refractivity contribution >= 4 is 110 Å². The first-order valence-electron chi connectivity index (χ1n) is 38.8. The van der Waals surface area contributed by atoms with Crippen molar-refractivity contribution in [1.29, 1.82) is 0 Å². The fraction of sp³-hybridized carbons (Fsp3) is 0.161. The van der Waals surface area contributed by atoms with Crippen LogP contribution in [0, 0.1) is 0 Å². The number of aromatic nitrogens is 8. The third-order valence-electron chi connectivity index (χ3n) is 21.2. The highest BCUT2D eigenvalue weighted by Gasteiger charge is 2.35. The van der Waals surface area contributed by atoms with E-state index in [0.29, 0.717) is 86.5 Å². The van der Waals surface area contributed by atoms with Crippen LogP contribution in [-0.4, -0.2) is 102 Å². The van der Waals surface area contributed by atoms with Crippen LogP contribution in [0.5, 0.6) is 0 Å². The number of rotatable bonds is 10. The molecule has 120 heavy (non-hydrogen) atoms. The first-order chi connectivity index (χ1) is 58.6. The monoisotopic (exact) mass is 1720 g/mol. The van der Waals surface area contributed by atoms with Crippen LogP contribution in [0.4, 0.5) is 0 Å². The first kappa shape index (κ1) is 81.5. The number of thiophene rings is 1. The molecule has 5 unspecified atom stereocenters. The number of fused-ring (bicyclic) bond motifs is 5. The molecule has 0 fully saturated rings. The third kappa shape index (κ3) is 18.9. The lowest BCUT2D eigenvalue weighted by atomic mass is 9.89. The minimum absolute atomic E-state index is 0.0180. The molecule has 0 saturated carbocycles. The molecule has 15 aromatic rings. The summed E-state index contributed by atoms with van der Waals surface area (Å²) in [5, 5.41) is 19.1. The van der Waals surface area contributed by atoms with E-state index in [2.05, 4.69) is 85.7 Å². The minimum Gasteiger partial charge on any atom is -0.451 e. The Balaban J connectivity index is 0.000000112. The third-order valence-corrected chi connectivity index (χ3v) is 24.8. The Morgan fingerprint density at radius 2 is 0.692 bits per heavy atom. The number of nitrogens with zero attached hydrogens (tertiary/aromatic N) is 7. The molecule has 27 heteroatoms. The van der Waals surface area contributed by atoms with E-state index in [9.17, 15) is 24.0 Å². The van der Waals surface area contributed by atoms with Crippen LogP contribution >= 0.6 is 80.7 Å². The number of halogens is 5. The normalized spacial score (nSPS) is 17.0. The smallest absolute Gasteiger partial charge is 0.289 e. The van der Waals surface area contributed by atoms with Gasteiger partial charge < -0.3 is 40.4 Å². The van der Waals surface area contributed by atoms with Gasteiger partial charge in [-0.3, -0.25) is 48.9 Å². The second kappa shape index (κ2) is 37.8. The van der Waals surface area contributed by atoms with Gasteiger partial charge in [0.25, 0.3) is 29.5 Å². The molecule has 0 aliphatic carbocycles. The number of amides is 5. The van der Waals surface area contributed by atoms with Gasteiger partial charge in [0, 0.05) is 188 Å². The molecule has 10 aromatic heterocycles. The van der Waals surface area contributed by atoms with Crippen molar-refractivity contribution in [2.24, 2.45) is 0 Å². The number of carbonyl (C=O) groups excluding carboxylic acids is 5. The Morgan fingerprint density at radius 1 is 0.317 bits per heavy atom. The molecule has 15 heterocycles. The number of carbonyl (C=O) groups is 5. The van der Waals surface area contributed by atoms with Crippen molar-refractivity contribution < 1.29 is 32.8 Å². The summed E-state index contributed by atoms with van der Waals surface area (Å²) >= 11 is 33.0. The number of thiazole rings is 1. The van der Waals surface area contributed by atoms with E-state index in [1.165, 1.54) is 16.9 Å². The number of H-pyrrole nitrogens is 1. The Kier molecular flexibility index (Phi) is 25.7. The lowest BCUT2D eigenvalue weighted by molar-refractivity contribution is 0.0922. The van der Waals surface area contributed by atoms with Crippen molar-refractivity contribution in [3.8, 4) is 55.0 Å². The van der Waals surface area contributed by atoms with E-state index in [1.807, 2.05) is 164 Å². The maximum atomic E-state index is 12.4. The molecule has 20 nitrogen and oxygen atoms in total. The van der Waals surface area contributed by atoms with Crippen LogP contribution in [0.2, 0.25) is 25.1 Å². The van der Waals surface area contributed by atoms with Crippen LogP contribution in [0.3, 0.4) is 0 Å². The number of hydrogen-bond donors (Lipinski definition) is 6. The Hall–Kier alpha value is -12.3. The van der Waals surface area contributed by atoms with Gasteiger partial charge in [-0.05, 0) is 216 Å². The molecule has 5 aliphatic heterocycles. The molecule has 600 valence electrons. The Bertz CT molecular complexity index is 5240. The molecule has 5 aliphatic rings. The molecule has 0 radical (unpaired) electrons. The van der Waals surface area contributed by atoms with Crippen LogP contribution in [0.25, 0.3) is 55.0 Å². The van der Waals surface area contributed by atoms with Gasteiger partial charge in [-0.1, -0.05) is 119 Å². The zero-order valence-electron chi connectivity index (χ0n) is 64.0. The zero-order valence-corrected chi connectivity index (χ0v) is 69.4. The zero-order chi connectivity index (χ0) is 82.6. The first-order valence-corrected chi connectivity index (χ1v) is 42.4. The summed E-state index contributed by atoms with van der Waals surface area (Å²) in [5.74, 6) is 1.82. The van der Waals surface area contributed by atoms with Crippen LogP contribution in [0.15, 0.2) is 271 Å². The van der Waals surface area contributed by atoms with Crippen molar-refractivity contribution in [2.75, 3.05) is 32.7 Å². The molecule has 0 saturated heterocycles. The SMILES string of the molecule is O=C1NCCC(c2ccc(Cl)cc2)c2cc(-c3ccncc3)[nH]c21.O=C1NCCC(c2ccc(Cl)cc2)c2cc(-c3ccncc3)oc21.O=C1NCCC(c2ccc(Cl)cc2)c2cc(-c3ccncc3)sc21.O=C1NCCC(c2ccc(Cl)cc2)c2nc(-c3ccncc3)oc21.O=C1NCCC(c2ccc(Cl)cc2)c2nc(-c3ccncc3)sc21. The van der Waals surface area contributed by atoms with E-state index in [-0.39, 0.29) is 64.9 Å². The van der Waals surface area contributed by atoms with Gasteiger partial charge in [-0.15, -0.1) is 22.7 Å². The van der Waals surface area contributed by atoms with Gasteiger partial charge >= 0.3 is 0 Å². The molecule has 5 atom stereocenters. The molecule has 5 aromatic carbocycles. The summed E-state index contributed by atoms with van der Waals surface area (Å²) in [6.45, 7) is 3.15. The predicted molar refractivity (Wildman–Crippen MR) is 470 cm³/mol. The fourth-order valence-electron chi connectivity index (χ4n) is 15.3. The highest BCUT2D eigenvalue weighted by molar-refractivity contribution is 7.17. The fourth-order valence-corrected chi connectivity index (χ4v) is 18.1. The quantitative estimate of drug-likeness (QED) is 0.0743. The van der Waals surface area contributed by atoms with Crippen LogP contribution in [-0.2, 0) is 0 Å². The van der Waals surface area contributed by atoms with Gasteiger partial charge in [-0.2, -0.15) is 0 Å². The number of furan rings is 1. The van der Waals surface area contributed by atoms with Gasteiger partial charge in [0.05, 0.1) is 10.6 Å². The largest absolute Gasteiger partial charge is 0.451 e. The number of benzene rings is 5. The maximum Gasteiger partial charge on any atom is 0.289 e. The van der Waals surface area contributed by atoms with E-state index >= 15 is 0 Å². The molecular formula is C93H74Cl5N13O7S2. The van der Waals surface area contributed by atoms with Crippen molar-refractivity contribution in [1.82, 2.24) is 66.5 Å². The standard InChI is InChI=1S/C19H16ClN3O.C19H15ClN2O2.C19H15ClN2OS.C18H14ClN3O2.C18H14ClN3OS/c20-14-3-1-12(2-4-14)15-7-10-22-19(24)18-16(15)11-17(23-18)13-5-8-21-9-6-13;2*20-14-3-1-12(2-4-14)15-7-10-22-19(23)18-16(15)11-17(24-18)13-5-8-21-9-6-13;2*19-13-3-1-11(2-4-13)14-7-10-21-17(23)16-15(14)22-18(24-16)12-5-8-20-9-6-12/h1-6,8-9,11,15,23H,7,10H2,(H,22,24);2*1-6,8-9,11,15H,7,10H2,(H,22,23);2*1-6,8-9,14H,7,10H2,(H,21,23). The van der Waals surface area contributed by atoms with Crippen molar-refractivity contribution in [2.45, 2.75) is 61.7 Å². The summed E-state index contributed by atoms with van der Waals surface area (Å²) < 4.78 is 11.7. The number of aromatic amines is 1. The van der Waals surface area contributed by atoms with Gasteiger partial charge in [0.2, 0.25) is 11.7 Å². The molecule has 0 spiro atoms. The number of oxazole rings is 1. The van der Waals surface area contributed by atoms with E-state index < -0.39 is 0 Å². The van der Waals surface area contributed by atoms with Crippen LogP contribution in [0.1, 0.15) is 169 Å². The average molecular weight is 1730 g/mol. The molecule has 5 amide bonds. The summed E-state index contributed by atoms with van der Waals surface area (Å²) in [7, 11) is 0. The second-order valence-corrected chi connectivity index (χ2v) is 32.9. The summed E-state index contributed by atoms with van der Waals surface area (Å²) in [6, 6.07) is 64.1. The molecule has 6 N–H and O–H groups in total. The molecular weight excluding hydrogens is 1650 g/mol. The highest BCUT2D eigenvalue weighted by Crippen LogP contribution is 2.44. The number of hydrogen-bond acceptors (Lipinski definition) is 16. The predicted octanol–water partition coefficient (Wildman–Crippen LogP) is 20.8. The van der Waals surface area contributed by atoms with Gasteiger partial charge in [-0.25, -0.2) is 9.97 Å². The molecule has 20 rings (SSSR count). The van der Waals surface area contributed by atoms with Crippen molar-refractivity contribution in [3.63, 3.8) is 0 Å². The van der Waals surface area contributed by atoms with E-state index in [4.69, 9.17) is 71.8 Å². The second-order valence-electron chi connectivity index (χ2n) is 28.7. The van der Waals surface area contributed by atoms with Crippen LogP contribution < -0.4 is 26.6 Å². The summed E-state index contributed by atoms with van der Waals surface area (Å²) in [6.07, 6.45) is 21.4. The maximum absolute atomic E-state index is 12.4. The Morgan fingerprint density at radius 3 is 1.18 bits per heavy atom. The lowest BCUT2D eigenvalue weighted by Crippen LogP contribution is -2.23. The highest BCUT2D eigenvalue weighted by atomic mass is 35.5. The Labute approximate surface area is 723 Å². The van der Waals surface area contributed by atoms with Crippen molar-refractivity contribution in [3.05, 3.63) is 370 Å². The van der Waals surface area contributed by atoms with E-state index in [1.54, 1.807) is 85.4 Å². The van der Waals surface area contributed by atoms with Gasteiger partial charge in [0.1, 0.15) is 27.0 Å². The summed E-state index contributed by atoms with van der Waals surface area (Å²) in [5.41, 5.74) is 16.6. The minimum atomic E-state index is -0.228. The number of nitrogens with one attached hydrogen (secondary N) is 6. The van der Waals surface area contributed by atoms with Gasteiger partial charge in [0.15, 0.2) is 5.76 Å². The molecule has 0 bridgehead atoms. The topological polar surface area (TPSA) is 278 Å². The average Bonchev–Trinajstić information content (AvgIpc) is 1.72.